The summed E-state index contributed by atoms with van der Waals surface area (Å²) in [6, 6.07) is 2.15. The lowest BCUT2D eigenvalue weighted by atomic mass is 9.74. The van der Waals surface area contributed by atoms with Gasteiger partial charge >= 0.3 is 0 Å². The Morgan fingerprint density at radius 3 is 3.00 bits per heavy atom. The normalized spacial score (nSPS) is 33.9. The summed E-state index contributed by atoms with van der Waals surface area (Å²) in [6.07, 6.45) is 7.93. The van der Waals surface area contributed by atoms with Crippen LogP contribution in [0.1, 0.15) is 37.0 Å². The molecule has 0 atom stereocenters. The first-order valence-electron chi connectivity index (χ1n) is 6.19. The first kappa shape index (κ1) is 10.4. The molecule has 16 heavy (non-hydrogen) atoms. The minimum Gasteiger partial charge on any atom is -0.469 e. The molecular weight excluding hydrogens is 202 g/mol. The molecule has 1 spiro atoms. The van der Waals surface area contributed by atoms with E-state index < -0.39 is 0 Å². The predicted molar refractivity (Wildman–Crippen MR) is 61.4 cm³/mol. The van der Waals surface area contributed by atoms with Gasteiger partial charge in [-0.2, -0.15) is 0 Å². The van der Waals surface area contributed by atoms with E-state index in [9.17, 15) is 0 Å². The van der Waals surface area contributed by atoms with E-state index in [2.05, 4.69) is 11.4 Å². The van der Waals surface area contributed by atoms with Crippen LogP contribution < -0.4 is 5.32 Å². The van der Waals surface area contributed by atoms with Crippen molar-refractivity contribution in [1.29, 1.82) is 0 Å². The van der Waals surface area contributed by atoms with Gasteiger partial charge in [-0.25, -0.2) is 0 Å². The Labute approximate surface area is 96.2 Å². The van der Waals surface area contributed by atoms with E-state index in [4.69, 9.17) is 9.15 Å². The molecule has 1 N–H and O–H groups in total. The average Bonchev–Trinajstić information content (AvgIpc) is 2.80. The zero-order chi connectivity index (χ0) is 11.0. The molecule has 2 aliphatic rings. The largest absolute Gasteiger partial charge is 0.469 e. The number of fused-ring (bicyclic) bond motifs is 2. The van der Waals surface area contributed by atoms with Gasteiger partial charge in [0, 0.05) is 31.2 Å². The standard InChI is InChI=1S/C13H19NO2/c1-15-10-2-6-13(7-3-10)11-5-9-16-12(11)4-8-14-13/h5,9-10,14H,2-4,6-8H2,1H3. The number of ether oxygens (including phenoxy) is 1. The lowest BCUT2D eigenvalue weighted by Gasteiger charge is -2.43. The fourth-order valence-corrected chi connectivity index (χ4v) is 3.24. The maximum atomic E-state index is 5.57. The van der Waals surface area contributed by atoms with Gasteiger partial charge in [-0.15, -0.1) is 0 Å². The molecule has 0 bridgehead atoms. The van der Waals surface area contributed by atoms with E-state index in [1.807, 2.05) is 13.4 Å². The monoisotopic (exact) mass is 221 g/mol. The molecule has 2 heterocycles. The second kappa shape index (κ2) is 3.90. The molecule has 1 aliphatic heterocycles. The van der Waals surface area contributed by atoms with Crippen LogP contribution in [-0.4, -0.2) is 19.8 Å². The van der Waals surface area contributed by atoms with Crippen molar-refractivity contribution in [3.8, 4) is 0 Å². The predicted octanol–water partition coefficient (Wildman–Crippen LogP) is 2.21. The van der Waals surface area contributed by atoms with E-state index in [1.54, 1.807) is 0 Å². The number of nitrogens with one attached hydrogen (secondary N) is 1. The van der Waals surface area contributed by atoms with Crippen molar-refractivity contribution in [3.05, 3.63) is 23.7 Å². The van der Waals surface area contributed by atoms with Crippen molar-refractivity contribution < 1.29 is 9.15 Å². The molecule has 1 saturated carbocycles. The Morgan fingerprint density at radius 1 is 1.44 bits per heavy atom. The molecule has 3 nitrogen and oxygen atoms in total. The fourth-order valence-electron chi connectivity index (χ4n) is 3.24. The van der Waals surface area contributed by atoms with Gasteiger partial charge in [0.2, 0.25) is 0 Å². The smallest absolute Gasteiger partial charge is 0.110 e. The van der Waals surface area contributed by atoms with Gasteiger partial charge in [0.15, 0.2) is 0 Å². The van der Waals surface area contributed by atoms with Gasteiger partial charge < -0.3 is 14.5 Å². The minimum atomic E-state index is 0.176. The molecule has 1 aliphatic carbocycles. The number of hydrogen-bond donors (Lipinski definition) is 1. The second-order valence-corrected chi connectivity index (χ2v) is 4.95. The number of methoxy groups -OCH3 is 1. The highest BCUT2D eigenvalue weighted by Gasteiger charge is 2.40. The average molecular weight is 221 g/mol. The topological polar surface area (TPSA) is 34.4 Å². The van der Waals surface area contributed by atoms with Crippen LogP contribution in [0.2, 0.25) is 0 Å². The van der Waals surface area contributed by atoms with Gasteiger partial charge in [-0.3, -0.25) is 0 Å². The number of hydrogen-bond acceptors (Lipinski definition) is 3. The van der Waals surface area contributed by atoms with E-state index in [0.29, 0.717) is 6.10 Å². The van der Waals surface area contributed by atoms with E-state index in [0.717, 1.165) is 38.6 Å². The van der Waals surface area contributed by atoms with Gasteiger partial charge in [-0.1, -0.05) is 0 Å². The Hall–Kier alpha value is -0.800. The van der Waals surface area contributed by atoms with Crippen LogP contribution in [0.25, 0.3) is 0 Å². The lowest BCUT2D eigenvalue weighted by molar-refractivity contribution is 0.0381. The van der Waals surface area contributed by atoms with Gasteiger partial charge in [-0.05, 0) is 31.7 Å². The summed E-state index contributed by atoms with van der Waals surface area (Å²) in [4.78, 5) is 0. The van der Waals surface area contributed by atoms with Crippen LogP contribution in [0.5, 0.6) is 0 Å². The molecule has 3 heteroatoms. The molecular formula is C13H19NO2. The molecule has 88 valence electrons. The second-order valence-electron chi connectivity index (χ2n) is 4.95. The Balaban J connectivity index is 1.86. The third-order valence-corrected chi connectivity index (χ3v) is 4.20. The molecule has 1 aromatic heterocycles. The molecule has 0 amide bonds. The number of furan rings is 1. The Morgan fingerprint density at radius 2 is 2.25 bits per heavy atom. The van der Waals surface area contributed by atoms with Crippen LogP contribution >= 0.6 is 0 Å². The summed E-state index contributed by atoms with van der Waals surface area (Å²) < 4.78 is 11.0. The lowest BCUT2D eigenvalue weighted by Crippen LogP contribution is -2.49. The first-order chi connectivity index (χ1) is 7.84. The number of rotatable bonds is 1. The zero-order valence-corrected chi connectivity index (χ0v) is 9.79. The molecule has 0 radical (unpaired) electrons. The quantitative estimate of drug-likeness (QED) is 0.789. The summed E-state index contributed by atoms with van der Waals surface area (Å²) in [5.41, 5.74) is 1.57. The highest BCUT2D eigenvalue weighted by atomic mass is 16.5. The van der Waals surface area contributed by atoms with Gasteiger partial charge in [0.1, 0.15) is 5.76 Å². The van der Waals surface area contributed by atoms with Crippen LogP contribution in [0.15, 0.2) is 16.7 Å². The van der Waals surface area contributed by atoms with Crippen LogP contribution in [0.3, 0.4) is 0 Å². The molecule has 0 aromatic carbocycles. The highest BCUT2D eigenvalue weighted by Crippen LogP contribution is 2.41. The summed E-state index contributed by atoms with van der Waals surface area (Å²) in [6.45, 7) is 1.04. The van der Waals surface area contributed by atoms with Gasteiger partial charge in [0.05, 0.1) is 12.4 Å². The van der Waals surface area contributed by atoms with Gasteiger partial charge in [0.25, 0.3) is 0 Å². The molecule has 3 rings (SSSR count). The summed E-state index contributed by atoms with van der Waals surface area (Å²) in [5.74, 6) is 1.19. The summed E-state index contributed by atoms with van der Waals surface area (Å²) >= 11 is 0. The van der Waals surface area contributed by atoms with Crippen LogP contribution in [-0.2, 0) is 16.7 Å². The van der Waals surface area contributed by atoms with E-state index in [-0.39, 0.29) is 5.54 Å². The SMILES string of the molecule is COC1CCC2(CC1)NCCc1occc12. The van der Waals surface area contributed by atoms with Crippen molar-refractivity contribution in [2.24, 2.45) is 0 Å². The summed E-state index contributed by atoms with van der Waals surface area (Å²) in [5, 5.41) is 3.71. The molecule has 0 unspecified atom stereocenters. The Kier molecular flexibility index (Phi) is 2.52. The molecule has 1 fully saturated rings. The van der Waals surface area contributed by atoms with Crippen molar-refractivity contribution in [2.45, 2.75) is 43.7 Å². The van der Waals surface area contributed by atoms with Crippen molar-refractivity contribution in [1.82, 2.24) is 5.32 Å². The minimum absolute atomic E-state index is 0.176. The van der Waals surface area contributed by atoms with E-state index >= 15 is 0 Å². The maximum Gasteiger partial charge on any atom is 0.110 e. The maximum absolute atomic E-state index is 5.57. The third-order valence-electron chi connectivity index (χ3n) is 4.20. The fraction of sp³-hybridized carbons (Fsp3) is 0.692. The molecule has 1 aromatic rings. The van der Waals surface area contributed by atoms with Crippen molar-refractivity contribution in [3.63, 3.8) is 0 Å². The van der Waals surface area contributed by atoms with Crippen LogP contribution in [0.4, 0.5) is 0 Å². The molecule has 0 saturated heterocycles. The van der Waals surface area contributed by atoms with Crippen LogP contribution in [0, 0.1) is 0 Å². The highest BCUT2D eigenvalue weighted by molar-refractivity contribution is 5.30. The Bertz CT molecular complexity index is 364. The summed E-state index contributed by atoms with van der Waals surface area (Å²) in [7, 11) is 1.82. The van der Waals surface area contributed by atoms with Crippen molar-refractivity contribution in [2.75, 3.05) is 13.7 Å². The third kappa shape index (κ3) is 1.50. The van der Waals surface area contributed by atoms with E-state index in [1.165, 1.54) is 11.3 Å². The van der Waals surface area contributed by atoms with Crippen molar-refractivity contribution >= 4 is 0 Å². The first-order valence-corrected chi connectivity index (χ1v) is 6.19. The zero-order valence-electron chi connectivity index (χ0n) is 9.79.